The summed E-state index contributed by atoms with van der Waals surface area (Å²) in [5.41, 5.74) is 0. The molecule has 16 heavy (non-hydrogen) atoms. The molecule has 2 atom stereocenters. The second-order valence-corrected chi connectivity index (χ2v) is 4.23. The molecule has 1 heterocycles. The smallest absolute Gasteiger partial charge is 0.309 e. The molecule has 1 amide bonds. The van der Waals surface area contributed by atoms with Crippen LogP contribution in [0, 0.1) is 5.92 Å². The summed E-state index contributed by atoms with van der Waals surface area (Å²) in [5, 5.41) is 2.81. The van der Waals surface area contributed by atoms with Gasteiger partial charge in [-0.05, 0) is 13.3 Å². The molecule has 0 radical (unpaired) electrons. The molecule has 1 N–H and O–H groups in total. The van der Waals surface area contributed by atoms with Crippen molar-refractivity contribution in [3.05, 3.63) is 0 Å². The normalized spacial score (nSPS) is 21.8. The lowest BCUT2D eigenvalue weighted by atomic mass is 10.0. The van der Waals surface area contributed by atoms with Crippen molar-refractivity contribution in [3.63, 3.8) is 0 Å². The molecule has 92 valence electrons. The summed E-state index contributed by atoms with van der Waals surface area (Å²) in [5.74, 6) is -0.408. The second kappa shape index (κ2) is 5.84. The van der Waals surface area contributed by atoms with Gasteiger partial charge in [0.2, 0.25) is 5.91 Å². The van der Waals surface area contributed by atoms with Crippen LogP contribution in [0.4, 0.5) is 0 Å². The Morgan fingerprint density at radius 2 is 2.19 bits per heavy atom. The number of ether oxygens (including phenoxy) is 1. The Morgan fingerprint density at radius 1 is 1.50 bits per heavy atom. The fourth-order valence-electron chi connectivity index (χ4n) is 1.88. The van der Waals surface area contributed by atoms with E-state index in [0.717, 1.165) is 13.0 Å². The van der Waals surface area contributed by atoms with Gasteiger partial charge in [-0.15, -0.1) is 0 Å². The minimum absolute atomic E-state index is 0.0244. The van der Waals surface area contributed by atoms with Crippen LogP contribution in [0.25, 0.3) is 0 Å². The van der Waals surface area contributed by atoms with Crippen molar-refractivity contribution in [2.45, 2.75) is 26.3 Å². The highest BCUT2D eigenvalue weighted by molar-refractivity contribution is 5.78. The molecule has 0 aromatic heterocycles. The molecule has 1 saturated heterocycles. The molecule has 2 unspecified atom stereocenters. The van der Waals surface area contributed by atoms with Crippen LogP contribution in [0.3, 0.4) is 0 Å². The molecule has 1 aliphatic heterocycles. The molecule has 1 aliphatic rings. The van der Waals surface area contributed by atoms with Gasteiger partial charge in [-0.1, -0.05) is 6.92 Å². The van der Waals surface area contributed by atoms with Crippen molar-refractivity contribution in [1.29, 1.82) is 0 Å². The summed E-state index contributed by atoms with van der Waals surface area (Å²) in [6.07, 6.45) is 0.921. The molecule has 0 aromatic carbocycles. The van der Waals surface area contributed by atoms with Gasteiger partial charge < -0.3 is 10.1 Å². The Labute approximate surface area is 96.1 Å². The van der Waals surface area contributed by atoms with E-state index in [1.54, 1.807) is 0 Å². The third kappa shape index (κ3) is 3.20. The summed E-state index contributed by atoms with van der Waals surface area (Å²) in [4.78, 5) is 24.8. The van der Waals surface area contributed by atoms with Gasteiger partial charge in [-0.25, -0.2) is 0 Å². The van der Waals surface area contributed by atoms with E-state index in [1.807, 2.05) is 18.7 Å². The molecule has 1 fully saturated rings. The number of methoxy groups -OCH3 is 1. The van der Waals surface area contributed by atoms with E-state index in [9.17, 15) is 9.59 Å². The quantitative estimate of drug-likeness (QED) is 0.691. The van der Waals surface area contributed by atoms with Crippen molar-refractivity contribution in [2.75, 3.05) is 26.7 Å². The van der Waals surface area contributed by atoms with Crippen LogP contribution >= 0.6 is 0 Å². The molecule has 1 rings (SSSR count). The summed E-state index contributed by atoms with van der Waals surface area (Å²) in [7, 11) is 1.39. The summed E-state index contributed by atoms with van der Waals surface area (Å²) in [6.45, 7) is 5.71. The monoisotopic (exact) mass is 228 g/mol. The number of hydrogen-bond donors (Lipinski definition) is 1. The summed E-state index contributed by atoms with van der Waals surface area (Å²) in [6, 6.07) is 0.0244. The lowest BCUT2D eigenvalue weighted by Crippen LogP contribution is -2.44. The van der Waals surface area contributed by atoms with Crippen LogP contribution in [0.5, 0.6) is 0 Å². The third-order valence-corrected chi connectivity index (χ3v) is 3.16. The molecule has 5 nitrogen and oxygen atoms in total. The van der Waals surface area contributed by atoms with E-state index in [0.29, 0.717) is 13.1 Å². The Morgan fingerprint density at radius 3 is 2.81 bits per heavy atom. The Kier molecular flexibility index (Phi) is 4.73. The van der Waals surface area contributed by atoms with Crippen molar-refractivity contribution in [1.82, 2.24) is 10.2 Å². The second-order valence-electron chi connectivity index (χ2n) is 4.23. The number of carbonyl (C=O) groups is 2. The van der Waals surface area contributed by atoms with E-state index in [-0.39, 0.29) is 23.8 Å². The van der Waals surface area contributed by atoms with Crippen molar-refractivity contribution in [2.24, 2.45) is 5.92 Å². The zero-order chi connectivity index (χ0) is 12.1. The zero-order valence-electron chi connectivity index (χ0n) is 10.2. The van der Waals surface area contributed by atoms with Crippen molar-refractivity contribution >= 4 is 11.9 Å². The van der Waals surface area contributed by atoms with Crippen LogP contribution in [-0.4, -0.2) is 49.6 Å². The molecular weight excluding hydrogens is 208 g/mol. The van der Waals surface area contributed by atoms with E-state index in [1.165, 1.54) is 7.11 Å². The lowest BCUT2D eigenvalue weighted by Gasteiger charge is -2.29. The predicted molar refractivity (Wildman–Crippen MR) is 59.8 cm³/mol. The van der Waals surface area contributed by atoms with Gasteiger partial charge >= 0.3 is 5.97 Å². The van der Waals surface area contributed by atoms with Crippen LogP contribution < -0.4 is 5.32 Å². The summed E-state index contributed by atoms with van der Waals surface area (Å²) >= 11 is 0. The van der Waals surface area contributed by atoms with Gasteiger partial charge in [0.25, 0.3) is 0 Å². The average Bonchev–Trinajstić information content (AvgIpc) is 2.50. The number of amides is 1. The molecule has 0 saturated carbocycles. The van der Waals surface area contributed by atoms with Crippen molar-refractivity contribution in [3.8, 4) is 0 Å². The maximum Gasteiger partial charge on any atom is 0.309 e. The van der Waals surface area contributed by atoms with Crippen molar-refractivity contribution < 1.29 is 14.3 Å². The number of rotatable bonds is 3. The first kappa shape index (κ1) is 13.0. The Bertz CT molecular complexity index is 268. The van der Waals surface area contributed by atoms with Gasteiger partial charge in [0.1, 0.15) is 0 Å². The third-order valence-electron chi connectivity index (χ3n) is 3.16. The van der Waals surface area contributed by atoms with Crippen LogP contribution in [0.15, 0.2) is 0 Å². The number of nitrogens with one attached hydrogen (secondary N) is 1. The molecule has 0 aromatic rings. The minimum Gasteiger partial charge on any atom is -0.469 e. The first-order valence-electron chi connectivity index (χ1n) is 5.65. The van der Waals surface area contributed by atoms with E-state index in [4.69, 9.17) is 4.74 Å². The zero-order valence-corrected chi connectivity index (χ0v) is 10.2. The highest BCUT2D eigenvalue weighted by Crippen LogP contribution is 2.13. The lowest BCUT2D eigenvalue weighted by molar-refractivity contribution is -0.147. The number of esters is 1. The maximum atomic E-state index is 11.4. The van der Waals surface area contributed by atoms with Gasteiger partial charge in [-0.3, -0.25) is 14.5 Å². The number of nitrogens with zero attached hydrogens (tertiary/aromatic N) is 1. The van der Waals surface area contributed by atoms with Crippen LogP contribution in [0.2, 0.25) is 0 Å². The Hall–Kier alpha value is -1.10. The highest BCUT2D eigenvalue weighted by atomic mass is 16.5. The maximum absolute atomic E-state index is 11.4. The topological polar surface area (TPSA) is 58.6 Å². The first-order chi connectivity index (χ1) is 7.56. The highest BCUT2D eigenvalue weighted by Gasteiger charge is 2.28. The molecule has 0 spiro atoms. The average molecular weight is 228 g/mol. The predicted octanol–water partition coefficient (Wildman–Crippen LogP) is 0.00590. The standard InChI is InChI=1S/C11H20N2O3/c1-8(11(15)16-3)9(2)13-6-4-5-12-10(14)7-13/h8-9H,4-7H2,1-3H3,(H,12,14). The van der Waals surface area contributed by atoms with Gasteiger partial charge in [-0.2, -0.15) is 0 Å². The van der Waals surface area contributed by atoms with E-state index >= 15 is 0 Å². The molecule has 0 aliphatic carbocycles. The van der Waals surface area contributed by atoms with Gasteiger partial charge in [0.05, 0.1) is 19.6 Å². The Balaban J connectivity index is 2.60. The number of hydrogen-bond acceptors (Lipinski definition) is 4. The largest absolute Gasteiger partial charge is 0.469 e. The molecule has 0 bridgehead atoms. The van der Waals surface area contributed by atoms with Gasteiger partial charge in [0.15, 0.2) is 0 Å². The molecular formula is C11H20N2O3. The fourth-order valence-corrected chi connectivity index (χ4v) is 1.88. The van der Waals surface area contributed by atoms with E-state index < -0.39 is 0 Å². The van der Waals surface area contributed by atoms with Crippen LogP contribution in [-0.2, 0) is 14.3 Å². The molecule has 5 heteroatoms. The SMILES string of the molecule is COC(=O)C(C)C(C)N1CCCNC(=O)C1. The first-order valence-corrected chi connectivity index (χ1v) is 5.65. The van der Waals surface area contributed by atoms with Gasteiger partial charge in [0, 0.05) is 19.1 Å². The summed E-state index contributed by atoms with van der Waals surface area (Å²) < 4.78 is 4.72. The van der Waals surface area contributed by atoms with Crippen LogP contribution in [0.1, 0.15) is 20.3 Å². The van der Waals surface area contributed by atoms with E-state index in [2.05, 4.69) is 5.32 Å². The minimum atomic E-state index is -0.225. The number of carbonyl (C=O) groups excluding carboxylic acids is 2. The fraction of sp³-hybridized carbons (Fsp3) is 0.818.